The summed E-state index contributed by atoms with van der Waals surface area (Å²) in [6.07, 6.45) is 2.18. The van der Waals surface area contributed by atoms with Crippen LogP contribution < -0.4 is 5.56 Å². The summed E-state index contributed by atoms with van der Waals surface area (Å²) in [6.45, 7) is 0. The topological polar surface area (TPSA) is 63.6 Å². The van der Waals surface area contributed by atoms with E-state index in [-0.39, 0.29) is 24.4 Å². The maximum atomic E-state index is 13.4. The van der Waals surface area contributed by atoms with Crippen LogP contribution in [0.15, 0.2) is 35.3 Å². The molecule has 1 fully saturated rings. The highest BCUT2D eigenvalue weighted by Crippen LogP contribution is 2.38. The minimum absolute atomic E-state index is 0.166. The van der Waals surface area contributed by atoms with Crippen LogP contribution in [0.1, 0.15) is 43.1 Å². The number of aromatic amines is 1. The molecule has 1 aliphatic carbocycles. The lowest BCUT2D eigenvalue weighted by Gasteiger charge is -2.28. The maximum Gasteiger partial charge on any atom is 0.262 e. The Kier molecular flexibility index (Phi) is 4.26. The molecule has 0 saturated heterocycles. The normalized spacial score (nSPS) is 17.7. The third kappa shape index (κ3) is 3.35. The number of halogens is 3. The number of hydrogen-bond donors (Lipinski definition) is 1. The zero-order chi connectivity index (χ0) is 18.3. The monoisotopic (exact) mass is 378 g/mol. The van der Waals surface area contributed by atoms with Gasteiger partial charge in [0.15, 0.2) is 5.65 Å². The molecule has 0 radical (unpaired) electrons. The van der Waals surface area contributed by atoms with Gasteiger partial charge >= 0.3 is 0 Å². The highest BCUT2D eigenvalue weighted by atomic mass is 35.5. The van der Waals surface area contributed by atoms with Crippen molar-refractivity contribution in [3.05, 3.63) is 57.2 Å². The van der Waals surface area contributed by atoms with Gasteiger partial charge in [0.25, 0.3) is 5.56 Å². The van der Waals surface area contributed by atoms with Gasteiger partial charge in [-0.1, -0.05) is 23.7 Å². The average Bonchev–Trinajstić information content (AvgIpc) is 2.99. The van der Waals surface area contributed by atoms with Crippen LogP contribution in [0.4, 0.5) is 8.78 Å². The molecule has 1 N–H and O–H groups in total. The third-order valence-electron chi connectivity index (χ3n) is 4.81. The summed E-state index contributed by atoms with van der Waals surface area (Å²) in [5.41, 5.74) is 1.09. The van der Waals surface area contributed by atoms with E-state index in [4.69, 9.17) is 11.6 Å². The lowest BCUT2D eigenvalue weighted by molar-refractivity contribution is -0.0446. The van der Waals surface area contributed by atoms with Crippen LogP contribution >= 0.6 is 11.6 Å². The molecular formula is C18H17ClF2N4O. The number of rotatable bonds is 3. The van der Waals surface area contributed by atoms with E-state index in [1.54, 1.807) is 10.7 Å². The average molecular weight is 379 g/mol. The molecular weight excluding hydrogens is 362 g/mol. The summed E-state index contributed by atoms with van der Waals surface area (Å²) < 4.78 is 28.5. The molecule has 0 amide bonds. The minimum Gasteiger partial charge on any atom is -0.310 e. The first kappa shape index (κ1) is 17.1. The molecule has 1 saturated carbocycles. The molecule has 0 bridgehead atoms. The van der Waals surface area contributed by atoms with Crippen LogP contribution in [0.3, 0.4) is 0 Å². The Bertz CT molecular complexity index is 1000. The molecule has 0 unspecified atom stereocenters. The van der Waals surface area contributed by atoms with E-state index in [1.807, 2.05) is 18.2 Å². The van der Waals surface area contributed by atoms with E-state index >= 15 is 0 Å². The van der Waals surface area contributed by atoms with Crippen LogP contribution in [-0.2, 0) is 6.42 Å². The molecule has 0 spiro atoms. The van der Waals surface area contributed by atoms with Crippen LogP contribution in [0.2, 0.25) is 5.02 Å². The van der Waals surface area contributed by atoms with Gasteiger partial charge in [-0.3, -0.25) is 4.79 Å². The summed E-state index contributed by atoms with van der Waals surface area (Å²) in [6, 6.07) is 7.16. The SMILES string of the molecule is O=c1[nH]c(Cc2cccc(Cl)c2)nc2c1cnn2C1CCC(F)(F)CC1. The third-order valence-corrected chi connectivity index (χ3v) is 5.04. The van der Waals surface area contributed by atoms with Crippen LogP contribution in [0, 0.1) is 0 Å². The smallest absolute Gasteiger partial charge is 0.262 e. The van der Waals surface area contributed by atoms with Gasteiger partial charge in [0.2, 0.25) is 5.92 Å². The van der Waals surface area contributed by atoms with E-state index in [0.717, 1.165) is 5.56 Å². The molecule has 26 heavy (non-hydrogen) atoms. The van der Waals surface area contributed by atoms with Crippen LogP contribution in [0.25, 0.3) is 11.0 Å². The number of benzene rings is 1. The zero-order valence-electron chi connectivity index (χ0n) is 13.9. The summed E-state index contributed by atoms with van der Waals surface area (Å²) in [5.74, 6) is -2.12. The fraction of sp³-hybridized carbons (Fsp3) is 0.389. The zero-order valence-corrected chi connectivity index (χ0v) is 14.6. The summed E-state index contributed by atoms with van der Waals surface area (Å²) in [4.78, 5) is 19.7. The molecule has 1 aliphatic rings. The van der Waals surface area contributed by atoms with Crippen LogP contribution in [0.5, 0.6) is 0 Å². The number of alkyl halides is 2. The number of H-pyrrole nitrogens is 1. The molecule has 136 valence electrons. The van der Waals surface area contributed by atoms with E-state index in [1.165, 1.54) is 6.20 Å². The van der Waals surface area contributed by atoms with Crippen molar-refractivity contribution < 1.29 is 8.78 Å². The molecule has 3 aromatic rings. The first-order valence-corrected chi connectivity index (χ1v) is 8.88. The Hall–Kier alpha value is -2.28. The van der Waals surface area contributed by atoms with Crippen molar-refractivity contribution in [1.29, 1.82) is 0 Å². The Morgan fingerprint density at radius 1 is 1.31 bits per heavy atom. The van der Waals surface area contributed by atoms with Gasteiger partial charge in [-0.15, -0.1) is 0 Å². The Balaban J connectivity index is 1.68. The first-order chi connectivity index (χ1) is 12.4. The van der Waals surface area contributed by atoms with Crippen molar-refractivity contribution >= 4 is 22.6 Å². The fourth-order valence-electron chi connectivity index (χ4n) is 3.44. The van der Waals surface area contributed by atoms with E-state index in [2.05, 4.69) is 15.1 Å². The Labute approximate surface area is 153 Å². The summed E-state index contributed by atoms with van der Waals surface area (Å²) in [5, 5.41) is 5.24. The number of nitrogens with zero attached hydrogens (tertiary/aromatic N) is 3. The van der Waals surface area contributed by atoms with Gasteiger partial charge in [0, 0.05) is 24.3 Å². The lowest BCUT2D eigenvalue weighted by Crippen LogP contribution is -2.27. The first-order valence-electron chi connectivity index (χ1n) is 8.50. The Morgan fingerprint density at radius 3 is 2.81 bits per heavy atom. The van der Waals surface area contributed by atoms with E-state index in [0.29, 0.717) is 41.1 Å². The van der Waals surface area contributed by atoms with Crippen molar-refractivity contribution in [1.82, 2.24) is 19.7 Å². The second-order valence-electron chi connectivity index (χ2n) is 6.73. The molecule has 0 aliphatic heterocycles. The number of nitrogens with one attached hydrogen (secondary N) is 1. The van der Waals surface area contributed by atoms with Gasteiger partial charge in [-0.05, 0) is 30.5 Å². The van der Waals surface area contributed by atoms with Crippen molar-refractivity contribution in [3.63, 3.8) is 0 Å². The number of aromatic nitrogens is 4. The largest absolute Gasteiger partial charge is 0.310 e. The predicted octanol–water partition coefficient (Wildman–Crippen LogP) is 4.11. The Morgan fingerprint density at radius 2 is 2.08 bits per heavy atom. The van der Waals surface area contributed by atoms with Gasteiger partial charge in [0.05, 0.1) is 12.2 Å². The second kappa shape index (κ2) is 6.46. The van der Waals surface area contributed by atoms with Crippen molar-refractivity contribution in [3.8, 4) is 0 Å². The van der Waals surface area contributed by atoms with Crippen molar-refractivity contribution in [2.75, 3.05) is 0 Å². The van der Waals surface area contributed by atoms with E-state index < -0.39 is 5.92 Å². The molecule has 2 aromatic heterocycles. The number of hydrogen-bond acceptors (Lipinski definition) is 3. The van der Waals surface area contributed by atoms with Crippen LogP contribution in [-0.4, -0.2) is 25.7 Å². The van der Waals surface area contributed by atoms with Gasteiger partial charge in [-0.25, -0.2) is 18.4 Å². The molecule has 2 heterocycles. The molecule has 0 atom stereocenters. The highest BCUT2D eigenvalue weighted by Gasteiger charge is 2.36. The van der Waals surface area contributed by atoms with Crippen molar-refractivity contribution in [2.45, 2.75) is 44.1 Å². The predicted molar refractivity (Wildman–Crippen MR) is 94.9 cm³/mol. The minimum atomic E-state index is -2.61. The fourth-order valence-corrected chi connectivity index (χ4v) is 3.66. The molecule has 1 aromatic carbocycles. The molecule has 5 nitrogen and oxygen atoms in total. The quantitative estimate of drug-likeness (QED) is 0.745. The van der Waals surface area contributed by atoms with E-state index in [9.17, 15) is 13.6 Å². The molecule has 8 heteroatoms. The van der Waals surface area contributed by atoms with Gasteiger partial charge < -0.3 is 4.98 Å². The highest BCUT2D eigenvalue weighted by molar-refractivity contribution is 6.30. The second-order valence-corrected chi connectivity index (χ2v) is 7.17. The summed E-state index contributed by atoms with van der Waals surface area (Å²) >= 11 is 6.00. The molecule has 4 rings (SSSR count). The maximum absolute atomic E-state index is 13.4. The van der Waals surface area contributed by atoms with Gasteiger partial charge in [-0.2, -0.15) is 5.10 Å². The number of fused-ring (bicyclic) bond motifs is 1. The standard InChI is InChI=1S/C18H17ClF2N4O/c19-12-3-1-2-11(8-12)9-15-23-16-14(17(26)24-15)10-22-25(16)13-4-6-18(20,21)7-5-13/h1-3,8,10,13H,4-7,9H2,(H,23,24,26). The summed E-state index contributed by atoms with van der Waals surface area (Å²) in [7, 11) is 0. The van der Waals surface area contributed by atoms with Crippen molar-refractivity contribution in [2.24, 2.45) is 0 Å². The lowest BCUT2D eigenvalue weighted by atomic mass is 9.92. The van der Waals surface area contributed by atoms with Gasteiger partial charge in [0.1, 0.15) is 11.2 Å².